The van der Waals surface area contributed by atoms with Crippen molar-refractivity contribution in [3.63, 3.8) is 0 Å². The highest BCUT2D eigenvalue weighted by Crippen LogP contribution is 2.36. The summed E-state index contributed by atoms with van der Waals surface area (Å²) in [5, 5.41) is 10.1. The molecule has 2 heterocycles. The van der Waals surface area contributed by atoms with Crippen LogP contribution in [0.1, 0.15) is 18.4 Å². The predicted molar refractivity (Wildman–Crippen MR) is 109 cm³/mol. The van der Waals surface area contributed by atoms with Gasteiger partial charge >= 0.3 is 0 Å². The van der Waals surface area contributed by atoms with Gasteiger partial charge in [0.25, 0.3) is 11.8 Å². The van der Waals surface area contributed by atoms with Crippen LogP contribution in [-0.2, 0) is 9.59 Å². The molecule has 144 valence electrons. The Morgan fingerprint density at radius 1 is 1.04 bits per heavy atom. The number of rotatable bonds is 4. The summed E-state index contributed by atoms with van der Waals surface area (Å²) < 4.78 is 0. The number of piperidine rings is 1. The first-order valence-electron chi connectivity index (χ1n) is 9.40. The van der Waals surface area contributed by atoms with Crippen LogP contribution in [0.3, 0.4) is 0 Å². The topological polar surface area (TPSA) is 60.9 Å². The third-order valence-corrected chi connectivity index (χ3v) is 5.52. The Balaban J connectivity index is 1.81. The highest BCUT2D eigenvalue weighted by Gasteiger charge is 2.43. The van der Waals surface area contributed by atoms with Gasteiger partial charge in [-0.2, -0.15) is 0 Å². The van der Waals surface area contributed by atoms with E-state index in [1.807, 2.05) is 35.2 Å². The van der Waals surface area contributed by atoms with Crippen LogP contribution in [0.2, 0.25) is 5.02 Å². The van der Waals surface area contributed by atoms with Crippen LogP contribution in [0.5, 0.6) is 0 Å². The zero-order valence-electron chi connectivity index (χ0n) is 15.3. The number of halogens is 1. The van der Waals surface area contributed by atoms with Crippen LogP contribution in [0.25, 0.3) is 5.57 Å². The van der Waals surface area contributed by atoms with Crippen LogP contribution >= 0.6 is 11.6 Å². The molecule has 1 unspecified atom stereocenters. The maximum absolute atomic E-state index is 13.4. The van der Waals surface area contributed by atoms with Crippen molar-refractivity contribution in [1.29, 1.82) is 0 Å². The normalized spacial score (nSPS) is 20.3. The van der Waals surface area contributed by atoms with Crippen molar-refractivity contribution in [3.8, 4) is 0 Å². The average molecular weight is 397 g/mol. The lowest BCUT2D eigenvalue weighted by Crippen LogP contribution is -2.40. The van der Waals surface area contributed by atoms with E-state index in [-0.39, 0.29) is 24.3 Å². The Bertz CT molecular complexity index is 942. The van der Waals surface area contributed by atoms with Crippen molar-refractivity contribution in [2.45, 2.75) is 12.8 Å². The quantitative estimate of drug-likeness (QED) is 0.805. The van der Waals surface area contributed by atoms with Gasteiger partial charge in [0.2, 0.25) is 0 Å². The minimum absolute atomic E-state index is 0.0740. The molecule has 0 saturated carbocycles. The van der Waals surface area contributed by atoms with Gasteiger partial charge in [-0.05, 0) is 42.5 Å². The van der Waals surface area contributed by atoms with Gasteiger partial charge in [-0.25, -0.2) is 4.90 Å². The Morgan fingerprint density at radius 3 is 2.54 bits per heavy atom. The summed E-state index contributed by atoms with van der Waals surface area (Å²) in [6.07, 6.45) is 1.79. The fourth-order valence-electron chi connectivity index (χ4n) is 3.94. The molecule has 0 bridgehead atoms. The van der Waals surface area contributed by atoms with E-state index in [9.17, 15) is 14.7 Å². The van der Waals surface area contributed by atoms with Crippen molar-refractivity contribution in [3.05, 3.63) is 70.9 Å². The molecule has 0 spiro atoms. The van der Waals surface area contributed by atoms with E-state index in [1.54, 1.807) is 24.3 Å². The Kier molecular flexibility index (Phi) is 5.20. The number of hydrogen-bond donors (Lipinski definition) is 1. The smallest absolute Gasteiger partial charge is 0.282 e. The molecule has 0 aliphatic carbocycles. The first-order chi connectivity index (χ1) is 13.6. The largest absolute Gasteiger partial charge is 0.396 e. The van der Waals surface area contributed by atoms with E-state index in [0.717, 1.165) is 12.8 Å². The molecule has 2 aromatic carbocycles. The van der Waals surface area contributed by atoms with Gasteiger partial charge in [-0.3, -0.25) is 9.59 Å². The monoisotopic (exact) mass is 396 g/mol. The summed E-state index contributed by atoms with van der Waals surface area (Å²) in [6, 6.07) is 16.0. The van der Waals surface area contributed by atoms with Crippen molar-refractivity contribution >= 4 is 34.7 Å². The second kappa shape index (κ2) is 7.78. The van der Waals surface area contributed by atoms with Gasteiger partial charge in [0, 0.05) is 24.7 Å². The molecule has 2 aliphatic rings. The Hall–Kier alpha value is -2.63. The van der Waals surface area contributed by atoms with Gasteiger partial charge in [-0.15, -0.1) is 0 Å². The van der Waals surface area contributed by atoms with Crippen LogP contribution in [0, 0.1) is 5.92 Å². The molecule has 28 heavy (non-hydrogen) atoms. The van der Waals surface area contributed by atoms with Crippen molar-refractivity contribution in [1.82, 2.24) is 4.90 Å². The molecule has 1 N–H and O–H groups in total. The molecule has 4 rings (SSSR count). The Labute approximate surface area is 168 Å². The number of carbonyl (C=O) groups is 2. The molecule has 1 saturated heterocycles. The molecule has 2 amide bonds. The summed E-state index contributed by atoms with van der Waals surface area (Å²) >= 11 is 6.09. The number of anilines is 1. The van der Waals surface area contributed by atoms with Gasteiger partial charge in [-0.1, -0.05) is 48.0 Å². The lowest BCUT2D eigenvalue weighted by Gasteiger charge is -2.34. The van der Waals surface area contributed by atoms with E-state index in [1.165, 1.54) is 4.90 Å². The number of aliphatic hydroxyl groups is 1. The minimum Gasteiger partial charge on any atom is -0.396 e. The number of aliphatic hydroxyl groups excluding tert-OH is 1. The van der Waals surface area contributed by atoms with Gasteiger partial charge in [0.05, 0.1) is 11.3 Å². The zero-order chi connectivity index (χ0) is 19.7. The van der Waals surface area contributed by atoms with Gasteiger partial charge in [0.1, 0.15) is 5.70 Å². The molecule has 2 aromatic rings. The third-order valence-electron chi connectivity index (χ3n) is 5.28. The van der Waals surface area contributed by atoms with E-state index in [2.05, 4.69) is 0 Å². The van der Waals surface area contributed by atoms with E-state index in [4.69, 9.17) is 11.6 Å². The van der Waals surface area contributed by atoms with E-state index < -0.39 is 0 Å². The van der Waals surface area contributed by atoms with Crippen LogP contribution in [-0.4, -0.2) is 41.5 Å². The van der Waals surface area contributed by atoms with Crippen LogP contribution < -0.4 is 4.90 Å². The number of hydrogen-bond acceptors (Lipinski definition) is 4. The van der Waals surface area contributed by atoms with E-state index in [0.29, 0.717) is 40.6 Å². The molecule has 6 heteroatoms. The molecular weight excluding hydrogens is 376 g/mol. The fraction of sp³-hybridized carbons (Fsp3) is 0.273. The molecule has 1 atom stereocenters. The molecule has 0 radical (unpaired) electrons. The molecule has 5 nitrogen and oxygen atoms in total. The van der Waals surface area contributed by atoms with E-state index >= 15 is 0 Å². The summed E-state index contributed by atoms with van der Waals surface area (Å²) in [6.45, 7) is 1.32. The highest BCUT2D eigenvalue weighted by atomic mass is 35.5. The zero-order valence-corrected chi connectivity index (χ0v) is 16.1. The Morgan fingerprint density at radius 2 is 1.82 bits per heavy atom. The van der Waals surface area contributed by atoms with Crippen LogP contribution in [0.4, 0.5) is 5.69 Å². The summed E-state index contributed by atoms with van der Waals surface area (Å²) in [5.74, 6) is -0.592. The number of nitrogens with zero attached hydrogens (tertiary/aromatic N) is 2. The van der Waals surface area contributed by atoms with Crippen molar-refractivity contribution in [2.24, 2.45) is 5.92 Å². The van der Waals surface area contributed by atoms with Gasteiger partial charge in [0.15, 0.2) is 0 Å². The predicted octanol–water partition coefficient (Wildman–Crippen LogP) is 3.33. The number of likely N-dealkylation sites (tertiary alicyclic amines) is 1. The standard InChI is InChI=1S/C22H21ClN2O3/c23-17-9-4-10-18(12-17)25-21(27)19(16-7-2-1-3-8-16)20(22(25)28)24-11-5-6-15(13-24)14-26/h1-4,7-10,12,15,26H,5-6,11,13-14H2. The van der Waals surface area contributed by atoms with Crippen LogP contribution in [0.15, 0.2) is 60.3 Å². The minimum atomic E-state index is -0.348. The maximum atomic E-state index is 13.4. The first-order valence-corrected chi connectivity index (χ1v) is 9.78. The second-order valence-corrected chi connectivity index (χ2v) is 7.59. The summed E-state index contributed by atoms with van der Waals surface area (Å²) in [4.78, 5) is 29.9. The maximum Gasteiger partial charge on any atom is 0.282 e. The molecular formula is C22H21ClN2O3. The average Bonchev–Trinajstić information content (AvgIpc) is 2.99. The SMILES string of the molecule is O=C1C(c2ccccc2)=C(N2CCCC(CO)C2)C(=O)N1c1cccc(Cl)c1. The van der Waals surface area contributed by atoms with Crippen molar-refractivity contribution < 1.29 is 14.7 Å². The fourth-order valence-corrected chi connectivity index (χ4v) is 4.13. The first kappa shape index (κ1) is 18.7. The summed E-state index contributed by atoms with van der Waals surface area (Å²) in [7, 11) is 0. The lowest BCUT2D eigenvalue weighted by atomic mass is 9.97. The number of carbonyl (C=O) groups excluding carboxylic acids is 2. The van der Waals surface area contributed by atoms with Crippen molar-refractivity contribution in [2.75, 3.05) is 24.6 Å². The number of imide groups is 1. The molecule has 2 aliphatic heterocycles. The highest BCUT2D eigenvalue weighted by molar-refractivity contribution is 6.45. The van der Waals surface area contributed by atoms with Gasteiger partial charge < -0.3 is 10.0 Å². The molecule has 1 fully saturated rings. The number of benzene rings is 2. The third kappa shape index (κ3) is 3.32. The lowest BCUT2D eigenvalue weighted by molar-refractivity contribution is -0.120. The molecule has 0 aromatic heterocycles. The summed E-state index contributed by atoms with van der Waals surface area (Å²) in [5.41, 5.74) is 1.99. The number of amides is 2. The second-order valence-electron chi connectivity index (χ2n) is 7.15.